The van der Waals surface area contributed by atoms with Gasteiger partial charge in [-0.25, -0.2) is 4.99 Å². The number of hydrogen-bond acceptors (Lipinski definition) is 5. The van der Waals surface area contributed by atoms with Crippen LogP contribution in [0.5, 0.6) is 23.0 Å². The lowest BCUT2D eigenvalue weighted by molar-refractivity contribution is 0.352. The summed E-state index contributed by atoms with van der Waals surface area (Å²) in [4.78, 5) is 4.67. The van der Waals surface area contributed by atoms with Crippen molar-refractivity contribution in [1.82, 2.24) is 10.6 Å². The van der Waals surface area contributed by atoms with Gasteiger partial charge in [-0.2, -0.15) is 0 Å². The highest BCUT2D eigenvalue weighted by molar-refractivity contribution is 5.79. The molecule has 7 heteroatoms. The third kappa shape index (κ3) is 6.20. The van der Waals surface area contributed by atoms with Crippen LogP contribution in [0.25, 0.3) is 0 Å². The Balaban J connectivity index is 2.01. The number of rotatable bonds is 10. The maximum atomic E-state index is 5.48. The van der Waals surface area contributed by atoms with Gasteiger partial charge in [0.05, 0.1) is 35.0 Å². The van der Waals surface area contributed by atoms with Gasteiger partial charge in [-0.15, -0.1) is 0 Å². The van der Waals surface area contributed by atoms with E-state index in [1.807, 2.05) is 43.3 Å². The molecular weight excluding hydrogens is 370 g/mol. The lowest BCUT2D eigenvalue weighted by atomic mass is 10.1. The summed E-state index contributed by atoms with van der Waals surface area (Å²) < 4.78 is 21.5. The summed E-state index contributed by atoms with van der Waals surface area (Å²) in [6, 6.07) is 11.7. The third-order valence-corrected chi connectivity index (χ3v) is 4.39. The molecule has 7 nitrogen and oxygen atoms in total. The standard InChI is InChI=1S/C22H31N3O4/c1-6-23-22(25-15-17-8-7-9-19(27-3)21(17)29-5)24-13-12-16-10-11-18(26-2)20(14-16)28-4/h7-11,14H,6,12-13,15H2,1-5H3,(H2,23,24,25). The number of hydrogen-bond donors (Lipinski definition) is 2. The Bertz CT molecular complexity index is 809. The second-order valence-corrected chi connectivity index (χ2v) is 6.21. The summed E-state index contributed by atoms with van der Waals surface area (Å²) in [5.41, 5.74) is 2.12. The van der Waals surface area contributed by atoms with E-state index in [1.165, 1.54) is 0 Å². The van der Waals surface area contributed by atoms with Crippen LogP contribution in [0, 0.1) is 0 Å². The van der Waals surface area contributed by atoms with E-state index in [0.29, 0.717) is 18.0 Å². The topological polar surface area (TPSA) is 73.3 Å². The molecule has 2 rings (SSSR count). The predicted molar refractivity (Wildman–Crippen MR) is 116 cm³/mol. The van der Waals surface area contributed by atoms with E-state index in [2.05, 4.69) is 15.6 Å². The molecular formula is C22H31N3O4. The van der Waals surface area contributed by atoms with Crippen molar-refractivity contribution in [2.45, 2.75) is 19.9 Å². The SMILES string of the molecule is CCNC(=NCc1cccc(OC)c1OC)NCCc1ccc(OC)c(OC)c1. The zero-order valence-electron chi connectivity index (χ0n) is 17.9. The van der Waals surface area contributed by atoms with Gasteiger partial charge in [-0.1, -0.05) is 18.2 Å². The smallest absolute Gasteiger partial charge is 0.191 e. The predicted octanol–water partition coefficient (Wildman–Crippen LogP) is 3.02. The van der Waals surface area contributed by atoms with Crippen LogP contribution in [0.3, 0.4) is 0 Å². The Hall–Kier alpha value is -3.09. The van der Waals surface area contributed by atoms with Gasteiger partial charge < -0.3 is 29.6 Å². The summed E-state index contributed by atoms with van der Waals surface area (Å²) in [5, 5.41) is 6.63. The Kier molecular flexibility index (Phi) is 8.95. The highest BCUT2D eigenvalue weighted by Crippen LogP contribution is 2.31. The zero-order chi connectivity index (χ0) is 21.1. The van der Waals surface area contributed by atoms with Crippen molar-refractivity contribution in [3.8, 4) is 23.0 Å². The van der Waals surface area contributed by atoms with Gasteiger partial charge in [-0.3, -0.25) is 0 Å². The molecule has 0 aromatic heterocycles. The van der Waals surface area contributed by atoms with Crippen molar-refractivity contribution in [3.05, 3.63) is 47.5 Å². The minimum atomic E-state index is 0.478. The van der Waals surface area contributed by atoms with Crippen molar-refractivity contribution >= 4 is 5.96 Å². The summed E-state index contributed by atoms with van der Waals surface area (Å²) in [6.07, 6.45) is 0.827. The van der Waals surface area contributed by atoms with Crippen molar-refractivity contribution in [3.63, 3.8) is 0 Å². The number of nitrogens with zero attached hydrogens (tertiary/aromatic N) is 1. The fourth-order valence-electron chi connectivity index (χ4n) is 2.95. The van der Waals surface area contributed by atoms with Gasteiger partial charge in [0, 0.05) is 18.7 Å². The molecule has 0 saturated carbocycles. The minimum absolute atomic E-state index is 0.478. The van der Waals surface area contributed by atoms with Crippen LogP contribution < -0.4 is 29.6 Å². The lowest BCUT2D eigenvalue weighted by Crippen LogP contribution is -2.38. The molecule has 0 bridgehead atoms. The number of ether oxygens (including phenoxy) is 4. The molecule has 0 spiro atoms. The monoisotopic (exact) mass is 401 g/mol. The molecule has 158 valence electrons. The van der Waals surface area contributed by atoms with Crippen molar-refractivity contribution in [2.75, 3.05) is 41.5 Å². The summed E-state index contributed by atoms with van der Waals surface area (Å²) in [7, 11) is 6.54. The van der Waals surface area contributed by atoms with Crippen molar-refractivity contribution in [2.24, 2.45) is 4.99 Å². The van der Waals surface area contributed by atoms with Crippen LogP contribution in [-0.2, 0) is 13.0 Å². The normalized spacial score (nSPS) is 11.0. The molecule has 0 amide bonds. The van der Waals surface area contributed by atoms with E-state index < -0.39 is 0 Å². The molecule has 0 aliphatic carbocycles. The van der Waals surface area contributed by atoms with Crippen LogP contribution in [0.4, 0.5) is 0 Å². The molecule has 0 fully saturated rings. The summed E-state index contributed by atoms with van der Waals surface area (Å²) in [6.45, 7) is 4.03. The van der Waals surface area contributed by atoms with Gasteiger partial charge in [0.25, 0.3) is 0 Å². The summed E-state index contributed by atoms with van der Waals surface area (Å²) >= 11 is 0. The summed E-state index contributed by atoms with van der Waals surface area (Å²) in [5.74, 6) is 3.62. The number of methoxy groups -OCH3 is 4. The highest BCUT2D eigenvalue weighted by Gasteiger charge is 2.09. The Morgan fingerprint density at radius 3 is 2.28 bits per heavy atom. The van der Waals surface area contributed by atoms with Gasteiger partial charge in [0.15, 0.2) is 29.0 Å². The Morgan fingerprint density at radius 2 is 1.62 bits per heavy atom. The fourth-order valence-corrected chi connectivity index (χ4v) is 2.95. The van der Waals surface area contributed by atoms with Gasteiger partial charge >= 0.3 is 0 Å². The van der Waals surface area contributed by atoms with E-state index >= 15 is 0 Å². The van der Waals surface area contributed by atoms with E-state index in [4.69, 9.17) is 18.9 Å². The zero-order valence-corrected chi connectivity index (χ0v) is 17.9. The molecule has 29 heavy (non-hydrogen) atoms. The average Bonchev–Trinajstić information content (AvgIpc) is 2.76. The Morgan fingerprint density at radius 1 is 0.862 bits per heavy atom. The second-order valence-electron chi connectivity index (χ2n) is 6.21. The highest BCUT2D eigenvalue weighted by atomic mass is 16.5. The number of benzene rings is 2. The molecule has 0 atom stereocenters. The molecule has 0 aliphatic rings. The van der Waals surface area contributed by atoms with Crippen molar-refractivity contribution < 1.29 is 18.9 Å². The second kappa shape index (κ2) is 11.7. The van der Waals surface area contributed by atoms with Crippen LogP contribution in [0.15, 0.2) is 41.4 Å². The number of aliphatic imine (C=N–C) groups is 1. The molecule has 0 aliphatic heterocycles. The van der Waals surface area contributed by atoms with Gasteiger partial charge in [0.2, 0.25) is 0 Å². The van der Waals surface area contributed by atoms with E-state index in [1.54, 1.807) is 28.4 Å². The van der Waals surface area contributed by atoms with Gasteiger partial charge in [0.1, 0.15) is 0 Å². The first-order chi connectivity index (χ1) is 14.2. The number of para-hydroxylation sites is 1. The quantitative estimate of drug-likeness (QED) is 0.471. The first kappa shape index (κ1) is 22.2. The van der Waals surface area contributed by atoms with E-state index in [0.717, 1.165) is 48.1 Å². The first-order valence-electron chi connectivity index (χ1n) is 9.59. The molecule has 0 radical (unpaired) electrons. The number of guanidine groups is 1. The van der Waals surface area contributed by atoms with Crippen LogP contribution in [0.1, 0.15) is 18.1 Å². The van der Waals surface area contributed by atoms with E-state index in [-0.39, 0.29) is 0 Å². The maximum Gasteiger partial charge on any atom is 0.191 e. The molecule has 0 unspecified atom stereocenters. The largest absolute Gasteiger partial charge is 0.493 e. The third-order valence-electron chi connectivity index (χ3n) is 4.39. The molecule has 0 saturated heterocycles. The van der Waals surface area contributed by atoms with Crippen LogP contribution >= 0.6 is 0 Å². The molecule has 2 aromatic carbocycles. The average molecular weight is 402 g/mol. The number of nitrogens with one attached hydrogen (secondary N) is 2. The van der Waals surface area contributed by atoms with E-state index in [9.17, 15) is 0 Å². The fraction of sp³-hybridized carbons (Fsp3) is 0.409. The first-order valence-corrected chi connectivity index (χ1v) is 9.59. The lowest BCUT2D eigenvalue weighted by Gasteiger charge is -2.14. The van der Waals surface area contributed by atoms with Gasteiger partial charge in [-0.05, 0) is 37.1 Å². The van der Waals surface area contributed by atoms with Crippen LogP contribution in [-0.4, -0.2) is 47.5 Å². The molecule has 2 N–H and O–H groups in total. The molecule has 0 heterocycles. The molecule has 2 aromatic rings. The van der Waals surface area contributed by atoms with Crippen molar-refractivity contribution in [1.29, 1.82) is 0 Å². The Labute approximate surface area is 173 Å². The maximum absolute atomic E-state index is 5.48. The van der Waals surface area contributed by atoms with Crippen LogP contribution in [0.2, 0.25) is 0 Å². The minimum Gasteiger partial charge on any atom is -0.493 e.